The van der Waals surface area contributed by atoms with Crippen molar-refractivity contribution in [3.05, 3.63) is 0 Å². The van der Waals surface area contributed by atoms with Crippen LogP contribution >= 0.6 is 0 Å². The molecule has 0 fully saturated rings. The third-order valence-corrected chi connectivity index (χ3v) is 7.89. The van der Waals surface area contributed by atoms with Gasteiger partial charge in [0.05, 0.1) is 6.10 Å². The Labute approximate surface area is 259 Å². The number of rotatable bonds is 29. The second-order valence-electron chi connectivity index (χ2n) is 13.4. The topological polar surface area (TPSA) is 99.1 Å². The second kappa shape index (κ2) is 27.2. The number of ether oxygens (including phenoxy) is 1. The molecule has 0 aromatic heterocycles. The summed E-state index contributed by atoms with van der Waals surface area (Å²) in [5.74, 6) is -1.04. The van der Waals surface area contributed by atoms with Crippen LogP contribution in [0.5, 0.6) is 0 Å². The Hall–Kier alpha value is -1.34. The molecule has 0 aromatic carbocycles. The van der Waals surface area contributed by atoms with Crippen molar-refractivity contribution >= 4 is 12.1 Å². The smallest absolute Gasteiger partial charge is 0.408 e. The maximum Gasteiger partial charge on any atom is 0.408 e. The van der Waals surface area contributed by atoms with Gasteiger partial charge in [0.25, 0.3) is 0 Å². The summed E-state index contributed by atoms with van der Waals surface area (Å²) in [6.07, 6.45) is 24.9. The number of carboxylic acid groups (broad SMARTS) is 1. The molecule has 7 nitrogen and oxygen atoms in total. The Balaban J connectivity index is 4.52. The van der Waals surface area contributed by atoms with Crippen molar-refractivity contribution < 1.29 is 24.5 Å². The fraction of sp³-hybridized carbons (Fsp3) is 0.943. The molecule has 0 aliphatic heterocycles. The minimum atomic E-state index is -1.04. The van der Waals surface area contributed by atoms with E-state index in [4.69, 9.17) is 4.74 Å². The second-order valence-corrected chi connectivity index (χ2v) is 13.4. The van der Waals surface area contributed by atoms with Gasteiger partial charge in [-0.05, 0) is 66.0 Å². The Morgan fingerprint density at radius 3 is 1.52 bits per heavy atom. The summed E-state index contributed by atoms with van der Waals surface area (Å²) in [5, 5.41) is 22.8. The van der Waals surface area contributed by atoms with Crippen LogP contribution in [0.4, 0.5) is 4.79 Å². The summed E-state index contributed by atoms with van der Waals surface area (Å²) in [4.78, 5) is 26.1. The molecule has 42 heavy (non-hydrogen) atoms. The van der Waals surface area contributed by atoms with E-state index < -0.39 is 23.7 Å². The zero-order valence-corrected chi connectivity index (χ0v) is 28.4. The molecule has 0 saturated carbocycles. The number of hydrogen-bond acceptors (Lipinski definition) is 5. The molecule has 0 bridgehead atoms. The number of aliphatic hydroxyl groups excluding tert-OH is 1. The summed E-state index contributed by atoms with van der Waals surface area (Å²) in [6.45, 7) is 12.3. The van der Waals surface area contributed by atoms with Gasteiger partial charge in [-0.25, -0.2) is 9.59 Å². The zero-order chi connectivity index (χ0) is 31.5. The number of hydrogen-bond donors (Lipinski definition) is 3. The van der Waals surface area contributed by atoms with Crippen LogP contribution in [0.2, 0.25) is 0 Å². The van der Waals surface area contributed by atoms with Gasteiger partial charge >= 0.3 is 12.1 Å². The van der Waals surface area contributed by atoms with Crippen molar-refractivity contribution in [3.63, 3.8) is 0 Å². The standard InChI is InChI=1S/C35H70N2O5/c1-6-8-10-12-14-16-17-19-21-24-28-37(30-31(38)26-22-20-18-15-13-11-9-7-2)29-25-23-27-32(33(39)40)36-34(41)42-35(3,4)5/h31-32,38H,6-30H2,1-5H3,(H,36,41)(H,39,40). The molecule has 2 atom stereocenters. The van der Waals surface area contributed by atoms with Gasteiger partial charge in [0.2, 0.25) is 0 Å². The highest BCUT2D eigenvalue weighted by Crippen LogP contribution is 2.14. The van der Waals surface area contributed by atoms with Gasteiger partial charge in [-0.1, -0.05) is 123 Å². The number of carboxylic acids is 1. The normalized spacial score (nSPS) is 13.3. The Kier molecular flexibility index (Phi) is 26.4. The predicted octanol–water partition coefficient (Wildman–Crippen LogP) is 9.25. The quantitative estimate of drug-likeness (QED) is 0.0742. The molecule has 0 spiro atoms. The average Bonchev–Trinajstić information content (AvgIpc) is 2.91. The SMILES string of the molecule is CCCCCCCCCCCCN(CCCCC(NC(=O)OC(C)(C)C)C(=O)O)CC(O)CCCCCCCCCC. The Morgan fingerprint density at radius 1 is 0.667 bits per heavy atom. The minimum absolute atomic E-state index is 0.311. The van der Waals surface area contributed by atoms with Crippen molar-refractivity contribution in [1.29, 1.82) is 0 Å². The summed E-state index contributed by atoms with van der Waals surface area (Å²) in [6, 6.07) is -0.956. The van der Waals surface area contributed by atoms with E-state index in [1.165, 1.54) is 103 Å². The molecule has 0 aliphatic rings. The van der Waals surface area contributed by atoms with E-state index in [0.717, 1.165) is 38.8 Å². The highest BCUT2D eigenvalue weighted by Gasteiger charge is 2.23. The number of aliphatic carboxylic acids is 1. The van der Waals surface area contributed by atoms with E-state index in [-0.39, 0.29) is 6.10 Å². The fourth-order valence-electron chi connectivity index (χ4n) is 5.41. The molecule has 0 rings (SSSR count). The molecule has 1 amide bonds. The van der Waals surface area contributed by atoms with Crippen LogP contribution in [0.25, 0.3) is 0 Å². The van der Waals surface area contributed by atoms with Gasteiger partial charge in [0.1, 0.15) is 11.6 Å². The highest BCUT2D eigenvalue weighted by molar-refractivity contribution is 5.79. The number of unbranched alkanes of at least 4 members (excludes halogenated alkanes) is 17. The molecule has 250 valence electrons. The van der Waals surface area contributed by atoms with Gasteiger partial charge in [0.15, 0.2) is 0 Å². The number of carbonyl (C=O) groups is 2. The third kappa shape index (κ3) is 27.5. The van der Waals surface area contributed by atoms with Gasteiger partial charge in [0, 0.05) is 6.54 Å². The molecule has 0 heterocycles. The Bertz CT molecular complexity index is 637. The fourth-order valence-corrected chi connectivity index (χ4v) is 5.41. The van der Waals surface area contributed by atoms with E-state index in [1.807, 2.05) is 0 Å². The van der Waals surface area contributed by atoms with Crippen LogP contribution in [-0.4, -0.2) is 64.6 Å². The molecule has 0 aliphatic carbocycles. The van der Waals surface area contributed by atoms with E-state index in [0.29, 0.717) is 19.4 Å². The molecule has 0 aromatic rings. The summed E-state index contributed by atoms with van der Waals surface area (Å²) < 4.78 is 5.23. The lowest BCUT2D eigenvalue weighted by Gasteiger charge is -2.26. The first-order valence-corrected chi connectivity index (χ1v) is 17.7. The van der Waals surface area contributed by atoms with Crippen LogP contribution in [0.3, 0.4) is 0 Å². The van der Waals surface area contributed by atoms with Crippen LogP contribution < -0.4 is 5.32 Å². The molecule has 0 radical (unpaired) electrons. The zero-order valence-electron chi connectivity index (χ0n) is 28.4. The highest BCUT2D eigenvalue weighted by atomic mass is 16.6. The van der Waals surface area contributed by atoms with E-state index in [2.05, 4.69) is 24.1 Å². The summed E-state index contributed by atoms with van der Waals surface area (Å²) in [5.41, 5.74) is -0.669. The van der Waals surface area contributed by atoms with Crippen molar-refractivity contribution in [3.8, 4) is 0 Å². The largest absolute Gasteiger partial charge is 0.480 e. The number of alkyl carbamates (subject to hydrolysis) is 1. The van der Waals surface area contributed by atoms with Crippen LogP contribution in [-0.2, 0) is 9.53 Å². The maximum absolute atomic E-state index is 12.1. The number of nitrogens with one attached hydrogen (secondary N) is 1. The van der Waals surface area contributed by atoms with Gasteiger partial charge in [-0.2, -0.15) is 0 Å². The van der Waals surface area contributed by atoms with Gasteiger partial charge in [-0.15, -0.1) is 0 Å². The van der Waals surface area contributed by atoms with Crippen molar-refractivity contribution in [2.24, 2.45) is 0 Å². The number of aliphatic hydroxyl groups is 1. The number of amides is 1. The molecule has 7 heteroatoms. The van der Waals surface area contributed by atoms with Crippen LogP contribution in [0, 0.1) is 0 Å². The van der Waals surface area contributed by atoms with Crippen molar-refractivity contribution in [2.75, 3.05) is 19.6 Å². The third-order valence-electron chi connectivity index (χ3n) is 7.89. The maximum atomic E-state index is 12.1. The first-order valence-electron chi connectivity index (χ1n) is 17.7. The molecule has 0 saturated heterocycles. The molecular formula is C35H70N2O5. The lowest BCUT2D eigenvalue weighted by atomic mass is 10.0. The lowest BCUT2D eigenvalue weighted by molar-refractivity contribution is -0.139. The van der Waals surface area contributed by atoms with E-state index in [1.54, 1.807) is 20.8 Å². The van der Waals surface area contributed by atoms with Crippen molar-refractivity contribution in [2.45, 2.75) is 194 Å². The lowest BCUT2D eigenvalue weighted by Crippen LogP contribution is -2.43. The number of nitrogens with zero attached hydrogens (tertiary/aromatic N) is 1. The minimum Gasteiger partial charge on any atom is -0.480 e. The predicted molar refractivity (Wildman–Crippen MR) is 176 cm³/mol. The molecule has 3 N–H and O–H groups in total. The Morgan fingerprint density at radius 2 is 1.07 bits per heavy atom. The van der Waals surface area contributed by atoms with Crippen LogP contribution in [0.15, 0.2) is 0 Å². The summed E-state index contributed by atoms with van der Waals surface area (Å²) >= 11 is 0. The van der Waals surface area contributed by atoms with Gasteiger partial charge < -0.3 is 25.2 Å². The monoisotopic (exact) mass is 599 g/mol. The first kappa shape index (κ1) is 40.7. The summed E-state index contributed by atoms with van der Waals surface area (Å²) in [7, 11) is 0. The molecular weight excluding hydrogens is 528 g/mol. The van der Waals surface area contributed by atoms with E-state index >= 15 is 0 Å². The van der Waals surface area contributed by atoms with Crippen LogP contribution in [0.1, 0.15) is 176 Å². The first-order chi connectivity index (χ1) is 20.1. The van der Waals surface area contributed by atoms with E-state index in [9.17, 15) is 19.8 Å². The average molecular weight is 599 g/mol. The molecule has 2 unspecified atom stereocenters. The number of carbonyl (C=O) groups excluding carboxylic acids is 1. The van der Waals surface area contributed by atoms with Crippen molar-refractivity contribution in [1.82, 2.24) is 10.2 Å². The van der Waals surface area contributed by atoms with Gasteiger partial charge in [-0.3, -0.25) is 0 Å².